The van der Waals surface area contributed by atoms with Crippen LogP contribution in [0, 0.1) is 0 Å². The van der Waals surface area contributed by atoms with Crippen LogP contribution in [0.5, 0.6) is 0 Å². The number of amides is 1. The van der Waals surface area contributed by atoms with Gasteiger partial charge in [0.05, 0.1) is 17.6 Å². The van der Waals surface area contributed by atoms with Crippen LogP contribution in [0.3, 0.4) is 0 Å². The van der Waals surface area contributed by atoms with Crippen LogP contribution in [0.15, 0.2) is 6.33 Å². The van der Waals surface area contributed by atoms with Crippen molar-refractivity contribution < 1.29 is 9.53 Å². The second-order valence-electron chi connectivity index (χ2n) is 7.36. The number of ether oxygens (including phenoxy) is 1. The molecule has 5 heterocycles. The average molecular weight is 357 g/mol. The van der Waals surface area contributed by atoms with E-state index in [1.165, 1.54) is 10.4 Å². The molecule has 2 aliphatic heterocycles. The highest BCUT2D eigenvalue weighted by Crippen LogP contribution is 2.39. The fourth-order valence-electron chi connectivity index (χ4n) is 3.69. The lowest BCUT2D eigenvalue weighted by molar-refractivity contribution is -0.0379. The molecule has 0 aliphatic carbocycles. The van der Waals surface area contributed by atoms with Crippen LogP contribution in [-0.4, -0.2) is 49.1 Å². The maximum atomic E-state index is 12.6. The summed E-state index contributed by atoms with van der Waals surface area (Å²) < 4.78 is 7.56. The van der Waals surface area contributed by atoms with E-state index in [2.05, 4.69) is 28.9 Å². The molecule has 1 amide bonds. The minimum absolute atomic E-state index is 0.0814. The van der Waals surface area contributed by atoms with Gasteiger partial charge >= 0.3 is 0 Å². The molecule has 1 saturated heterocycles. The Labute approximate surface area is 148 Å². The van der Waals surface area contributed by atoms with Crippen molar-refractivity contribution in [2.45, 2.75) is 45.3 Å². The maximum Gasteiger partial charge on any atom is 0.293 e. The first-order valence-electron chi connectivity index (χ1n) is 8.61. The number of aromatic nitrogens is 4. The van der Waals surface area contributed by atoms with Crippen molar-refractivity contribution in [2.75, 3.05) is 13.1 Å². The van der Waals surface area contributed by atoms with Gasteiger partial charge < -0.3 is 9.64 Å². The van der Waals surface area contributed by atoms with Crippen LogP contribution in [0.25, 0.3) is 15.9 Å². The highest BCUT2D eigenvalue weighted by Gasteiger charge is 2.31. The predicted octanol–water partition coefficient (Wildman–Crippen LogP) is 2.43. The largest absolute Gasteiger partial charge is 0.370 e. The van der Waals surface area contributed by atoms with E-state index in [-0.39, 0.29) is 17.3 Å². The van der Waals surface area contributed by atoms with Crippen LogP contribution < -0.4 is 0 Å². The molecular weight excluding hydrogens is 338 g/mol. The number of carbonyl (C=O) groups is 1. The molecule has 0 spiro atoms. The van der Waals surface area contributed by atoms with Crippen LogP contribution >= 0.6 is 11.3 Å². The number of hydrogen-bond donors (Lipinski definition) is 0. The zero-order valence-electron chi connectivity index (χ0n) is 14.3. The molecular formula is C17H19N5O2S. The van der Waals surface area contributed by atoms with Crippen LogP contribution in [-0.2, 0) is 17.8 Å². The molecule has 0 bridgehead atoms. The summed E-state index contributed by atoms with van der Waals surface area (Å²) in [6.07, 6.45) is 4.57. The molecule has 0 radical (unpaired) electrons. The topological polar surface area (TPSA) is 72.6 Å². The minimum Gasteiger partial charge on any atom is -0.370 e. The van der Waals surface area contributed by atoms with E-state index in [9.17, 15) is 4.79 Å². The molecule has 5 rings (SSSR count). The molecule has 3 aromatic heterocycles. The van der Waals surface area contributed by atoms with Gasteiger partial charge in [-0.2, -0.15) is 0 Å². The summed E-state index contributed by atoms with van der Waals surface area (Å²) in [4.78, 5) is 25.7. The summed E-state index contributed by atoms with van der Waals surface area (Å²) in [5.74, 6) is 0.185. The molecule has 0 unspecified atom stereocenters. The van der Waals surface area contributed by atoms with Crippen LogP contribution in [0.2, 0.25) is 0 Å². The molecule has 0 aromatic carbocycles. The Morgan fingerprint density at radius 3 is 2.92 bits per heavy atom. The number of nitrogens with zero attached hydrogens (tertiary/aromatic N) is 5. The summed E-state index contributed by atoms with van der Waals surface area (Å²) in [5, 5.41) is 5.42. The molecule has 8 heteroatoms. The number of likely N-dealkylation sites (tertiary alicyclic amines) is 1. The SMILES string of the molecule is CC1(C)Cc2c(sc3ncn4nc(C(=O)N5CCCC5)nc4c23)CO1. The Morgan fingerprint density at radius 2 is 2.12 bits per heavy atom. The quantitative estimate of drug-likeness (QED) is 0.669. The predicted molar refractivity (Wildman–Crippen MR) is 93.9 cm³/mol. The highest BCUT2D eigenvalue weighted by molar-refractivity contribution is 7.19. The van der Waals surface area contributed by atoms with E-state index in [1.807, 2.05) is 4.90 Å². The van der Waals surface area contributed by atoms with Crippen LogP contribution in [0.1, 0.15) is 47.7 Å². The van der Waals surface area contributed by atoms with Gasteiger partial charge in [-0.3, -0.25) is 4.79 Å². The zero-order chi connectivity index (χ0) is 17.2. The standard InChI is InChI=1S/C17H19N5O2S/c1-17(2)7-10-11(8-24-17)25-15-12(10)14-19-13(20-22(14)9-18-15)16(23)21-5-3-4-6-21/h9H,3-8H2,1-2H3. The van der Waals surface area contributed by atoms with E-state index in [0.717, 1.165) is 48.2 Å². The lowest BCUT2D eigenvalue weighted by Gasteiger charge is -2.30. The smallest absolute Gasteiger partial charge is 0.293 e. The Kier molecular flexibility index (Phi) is 3.18. The first kappa shape index (κ1) is 15.2. The lowest BCUT2D eigenvalue weighted by atomic mass is 9.94. The lowest BCUT2D eigenvalue weighted by Crippen LogP contribution is -2.31. The van der Waals surface area contributed by atoms with Crippen molar-refractivity contribution in [3.05, 3.63) is 22.6 Å². The molecule has 7 nitrogen and oxygen atoms in total. The van der Waals surface area contributed by atoms with E-state index >= 15 is 0 Å². The number of hydrogen-bond acceptors (Lipinski definition) is 6. The summed E-state index contributed by atoms with van der Waals surface area (Å²) in [5.41, 5.74) is 1.76. The number of thiophene rings is 1. The summed E-state index contributed by atoms with van der Waals surface area (Å²) >= 11 is 1.65. The summed E-state index contributed by atoms with van der Waals surface area (Å²) in [6.45, 7) is 6.38. The first-order chi connectivity index (χ1) is 12.0. The monoisotopic (exact) mass is 357 g/mol. The van der Waals surface area contributed by atoms with Gasteiger partial charge in [-0.05, 0) is 32.3 Å². The second kappa shape index (κ2) is 5.22. The Bertz CT molecular complexity index is 999. The Morgan fingerprint density at radius 1 is 1.32 bits per heavy atom. The number of carbonyl (C=O) groups excluding carboxylic acids is 1. The number of fused-ring (bicyclic) bond motifs is 5. The molecule has 25 heavy (non-hydrogen) atoms. The molecule has 0 N–H and O–H groups in total. The van der Waals surface area contributed by atoms with E-state index in [4.69, 9.17) is 4.74 Å². The maximum absolute atomic E-state index is 12.6. The van der Waals surface area contributed by atoms with Gasteiger partial charge in [0.2, 0.25) is 5.82 Å². The molecule has 130 valence electrons. The molecule has 2 aliphatic rings. The molecule has 0 atom stereocenters. The van der Waals surface area contributed by atoms with E-state index in [0.29, 0.717) is 6.61 Å². The average Bonchev–Trinajstić information content (AvgIpc) is 3.30. The van der Waals surface area contributed by atoms with Gasteiger partial charge in [-0.1, -0.05) is 0 Å². The van der Waals surface area contributed by atoms with Crippen molar-refractivity contribution in [3.8, 4) is 0 Å². The van der Waals surface area contributed by atoms with Gasteiger partial charge in [0.15, 0.2) is 5.65 Å². The van der Waals surface area contributed by atoms with Crippen LogP contribution in [0.4, 0.5) is 0 Å². The first-order valence-corrected chi connectivity index (χ1v) is 9.42. The van der Waals surface area contributed by atoms with Gasteiger partial charge in [0.1, 0.15) is 11.2 Å². The van der Waals surface area contributed by atoms with E-state index in [1.54, 1.807) is 22.2 Å². The van der Waals surface area contributed by atoms with Crippen molar-refractivity contribution >= 4 is 33.1 Å². The second-order valence-corrected chi connectivity index (χ2v) is 8.44. The van der Waals surface area contributed by atoms with Gasteiger partial charge in [-0.15, -0.1) is 16.4 Å². The van der Waals surface area contributed by atoms with Crippen molar-refractivity contribution in [1.29, 1.82) is 0 Å². The summed E-state index contributed by atoms with van der Waals surface area (Å²) in [7, 11) is 0. The third kappa shape index (κ3) is 2.35. The zero-order valence-corrected chi connectivity index (χ0v) is 15.1. The van der Waals surface area contributed by atoms with Crippen molar-refractivity contribution in [3.63, 3.8) is 0 Å². The fraction of sp³-hybridized carbons (Fsp3) is 0.529. The highest BCUT2D eigenvalue weighted by atomic mass is 32.1. The Hall–Kier alpha value is -2.06. The molecule has 1 fully saturated rings. The molecule has 0 saturated carbocycles. The third-order valence-corrected chi connectivity index (χ3v) is 6.11. The fourth-order valence-corrected chi connectivity index (χ4v) is 4.76. The van der Waals surface area contributed by atoms with Gasteiger partial charge in [-0.25, -0.2) is 14.5 Å². The van der Waals surface area contributed by atoms with E-state index < -0.39 is 0 Å². The van der Waals surface area contributed by atoms with Gasteiger partial charge in [0, 0.05) is 24.4 Å². The van der Waals surface area contributed by atoms with Crippen molar-refractivity contribution in [1.82, 2.24) is 24.5 Å². The molecule has 3 aromatic rings. The van der Waals surface area contributed by atoms with Gasteiger partial charge in [0.25, 0.3) is 5.91 Å². The third-order valence-electron chi connectivity index (χ3n) is 4.99. The normalized spacial score (nSPS) is 19.7. The van der Waals surface area contributed by atoms with Crippen molar-refractivity contribution in [2.24, 2.45) is 0 Å². The summed E-state index contributed by atoms with van der Waals surface area (Å²) in [6, 6.07) is 0. The Balaban J connectivity index is 1.67. The minimum atomic E-state index is -0.206. The number of rotatable bonds is 1.